The zero-order valence-corrected chi connectivity index (χ0v) is 17.4. The fourth-order valence-electron chi connectivity index (χ4n) is 2.92. The summed E-state index contributed by atoms with van der Waals surface area (Å²) in [7, 11) is 0. The largest absolute Gasteiger partial charge is 0.416 e. The fourth-order valence-corrected chi connectivity index (χ4v) is 3.89. The van der Waals surface area contributed by atoms with E-state index in [1.165, 1.54) is 35.0 Å². The molecule has 2 aromatic heterocycles. The molecule has 0 spiro atoms. The predicted octanol–water partition coefficient (Wildman–Crippen LogP) is 4.81. The van der Waals surface area contributed by atoms with Gasteiger partial charge in [-0.1, -0.05) is 12.1 Å². The summed E-state index contributed by atoms with van der Waals surface area (Å²) in [6, 6.07) is 8.53. The summed E-state index contributed by atoms with van der Waals surface area (Å²) in [4.78, 5) is 17.3. The van der Waals surface area contributed by atoms with Crippen LogP contribution in [0.5, 0.6) is 0 Å². The molecule has 0 aliphatic carbocycles. The molecule has 0 atom stereocenters. The predicted molar refractivity (Wildman–Crippen MR) is 109 cm³/mol. The van der Waals surface area contributed by atoms with E-state index in [0.717, 1.165) is 23.5 Å². The highest BCUT2D eigenvalue weighted by molar-refractivity contribution is 7.17. The highest BCUT2D eigenvalue weighted by Crippen LogP contribution is 2.33. The second kappa shape index (κ2) is 8.11. The molecular formula is C20H14F4N6OS. The molecule has 12 heteroatoms. The standard InChI is InChI=1S/C20H14F4N6OS/c1-10-17(32-19(25-10)12-3-5-13(6-4-12)20(22,23)24)18(31)26-16-9-14(7-8-15(16)21)30-11(2)27-28-29-30/h3-9H,1-2H3,(H,26,31). The van der Waals surface area contributed by atoms with Crippen molar-refractivity contribution in [3.8, 4) is 16.3 Å². The maximum absolute atomic E-state index is 14.3. The van der Waals surface area contributed by atoms with Gasteiger partial charge in [-0.2, -0.15) is 17.9 Å². The highest BCUT2D eigenvalue weighted by Gasteiger charge is 2.30. The number of alkyl halides is 3. The third-order valence-electron chi connectivity index (χ3n) is 4.53. The Morgan fingerprint density at radius 2 is 1.81 bits per heavy atom. The molecule has 4 aromatic rings. The number of thiazole rings is 1. The van der Waals surface area contributed by atoms with Gasteiger partial charge in [0.15, 0.2) is 5.82 Å². The highest BCUT2D eigenvalue weighted by atomic mass is 32.1. The van der Waals surface area contributed by atoms with Gasteiger partial charge in [-0.15, -0.1) is 16.4 Å². The van der Waals surface area contributed by atoms with E-state index in [1.54, 1.807) is 13.8 Å². The number of amides is 1. The Labute approximate surface area is 182 Å². The molecule has 7 nitrogen and oxygen atoms in total. The van der Waals surface area contributed by atoms with E-state index in [-0.39, 0.29) is 10.6 Å². The number of halogens is 4. The second-order valence-electron chi connectivity index (χ2n) is 6.76. The molecule has 0 bridgehead atoms. The average molecular weight is 462 g/mol. The van der Waals surface area contributed by atoms with Gasteiger partial charge in [0.2, 0.25) is 0 Å². The number of anilines is 1. The summed E-state index contributed by atoms with van der Waals surface area (Å²) >= 11 is 0.999. The number of nitrogens with zero attached hydrogens (tertiary/aromatic N) is 5. The minimum atomic E-state index is -4.44. The van der Waals surface area contributed by atoms with E-state index in [1.807, 2.05) is 0 Å². The first kappa shape index (κ1) is 21.6. The second-order valence-corrected chi connectivity index (χ2v) is 7.76. The van der Waals surface area contributed by atoms with Crippen molar-refractivity contribution < 1.29 is 22.4 Å². The summed E-state index contributed by atoms with van der Waals surface area (Å²) < 4.78 is 54.0. The van der Waals surface area contributed by atoms with Gasteiger partial charge in [0.1, 0.15) is 15.7 Å². The summed E-state index contributed by atoms with van der Waals surface area (Å²) in [5.41, 5.74) is 0.408. The number of aromatic nitrogens is 5. The number of tetrazole rings is 1. The Kier molecular flexibility index (Phi) is 5.46. The number of aryl methyl sites for hydroxylation is 2. The number of nitrogens with one attached hydrogen (secondary N) is 1. The Morgan fingerprint density at radius 1 is 1.09 bits per heavy atom. The lowest BCUT2D eigenvalue weighted by Gasteiger charge is -2.08. The van der Waals surface area contributed by atoms with Crippen LogP contribution in [0.1, 0.15) is 26.8 Å². The van der Waals surface area contributed by atoms with Crippen molar-refractivity contribution in [1.82, 2.24) is 25.2 Å². The molecule has 0 aliphatic rings. The van der Waals surface area contributed by atoms with Gasteiger partial charge in [-0.3, -0.25) is 4.79 Å². The minimum Gasteiger partial charge on any atom is -0.319 e. The van der Waals surface area contributed by atoms with Crippen LogP contribution in [0.3, 0.4) is 0 Å². The molecule has 0 radical (unpaired) electrons. The van der Waals surface area contributed by atoms with Crippen molar-refractivity contribution in [3.05, 3.63) is 70.2 Å². The molecule has 32 heavy (non-hydrogen) atoms. The monoisotopic (exact) mass is 462 g/mol. The zero-order valence-electron chi connectivity index (χ0n) is 16.6. The molecule has 0 unspecified atom stereocenters. The number of hydrogen-bond acceptors (Lipinski definition) is 6. The van der Waals surface area contributed by atoms with Crippen LogP contribution in [0.2, 0.25) is 0 Å². The van der Waals surface area contributed by atoms with Crippen molar-refractivity contribution >= 4 is 22.9 Å². The maximum atomic E-state index is 14.3. The molecule has 4 rings (SSSR count). The SMILES string of the molecule is Cc1nc(-c2ccc(C(F)(F)F)cc2)sc1C(=O)Nc1cc(-n2nnnc2C)ccc1F. The molecule has 1 N–H and O–H groups in total. The molecule has 1 amide bonds. The number of carbonyl (C=O) groups is 1. The normalized spacial score (nSPS) is 11.6. The first-order valence-electron chi connectivity index (χ1n) is 9.15. The number of hydrogen-bond donors (Lipinski definition) is 1. The maximum Gasteiger partial charge on any atom is 0.416 e. The summed E-state index contributed by atoms with van der Waals surface area (Å²) in [6.07, 6.45) is -4.44. The molecule has 2 aromatic carbocycles. The van der Waals surface area contributed by atoms with Crippen molar-refractivity contribution in [2.24, 2.45) is 0 Å². The van der Waals surface area contributed by atoms with Gasteiger partial charge < -0.3 is 5.32 Å². The third kappa shape index (κ3) is 4.21. The van der Waals surface area contributed by atoms with Gasteiger partial charge >= 0.3 is 6.18 Å². The first-order valence-corrected chi connectivity index (χ1v) is 9.96. The number of carbonyl (C=O) groups excluding carboxylic acids is 1. The van der Waals surface area contributed by atoms with Crippen LogP contribution >= 0.6 is 11.3 Å². The van der Waals surface area contributed by atoms with E-state index < -0.39 is 23.5 Å². The van der Waals surface area contributed by atoms with E-state index in [0.29, 0.717) is 27.8 Å². The summed E-state index contributed by atoms with van der Waals surface area (Å²) in [5.74, 6) is -0.769. The number of rotatable bonds is 4. The molecule has 0 fully saturated rings. The Balaban J connectivity index is 1.59. The van der Waals surface area contributed by atoms with E-state index >= 15 is 0 Å². The molecular weight excluding hydrogens is 448 g/mol. The van der Waals surface area contributed by atoms with Crippen molar-refractivity contribution in [1.29, 1.82) is 0 Å². The first-order chi connectivity index (χ1) is 15.1. The zero-order chi connectivity index (χ0) is 23.0. The van der Waals surface area contributed by atoms with E-state index in [9.17, 15) is 22.4 Å². The van der Waals surface area contributed by atoms with E-state index in [4.69, 9.17) is 0 Å². The van der Waals surface area contributed by atoms with Crippen LogP contribution in [0.25, 0.3) is 16.3 Å². The van der Waals surface area contributed by atoms with Gasteiger partial charge in [-0.25, -0.2) is 9.37 Å². The van der Waals surface area contributed by atoms with Crippen LogP contribution in [-0.2, 0) is 6.18 Å². The average Bonchev–Trinajstić information content (AvgIpc) is 3.35. The van der Waals surface area contributed by atoms with Crippen molar-refractivity contribution in [2.45, 2.75) is 20.0 Å². The van der Waals surface area contributed by atoms with Crippen LogP contribution in [0.15, 0.2) is 42.5 Å². The van der Waals surface area contributed by atoms with Gasteiger partial charge in [0.25, 0.3) is 5.91 Å². The van der Waals surface area contributed by atoms with Crippen LogP contribution < -0.4 is 5.32 Å². The van der Waals surface area contributed by atoms with Crippen molar-refractivity contribution in [2.75, 3.05) is 5.32 Å². The van der Waals surface area contributed by atoms with Crippen molar-refractivity contribution in [3.63, 3.8) is 0 Å². The smallest absolute Gasteiger partial charge is 0.319 e. The summed E-state index contributed by atoms with van der Waals surface area (Å²) in [5, 5.41) is 14.0. The lowest BCUT2D eigenvalue weighted by atomic mass is 10.1. The van der Waals surface area contributed by atoms with E-state index in [2.05, 4.69) is 25.8 Å². The molecule has 0 saturated carbocycles. The summed E-state index contributed by atoms with van der Waals surface area (Å²) in [6.45, 7) is 3.27. The lowest BCUT2D eigenvalue weighted by Crippen LogP contribution is -2.13. The van der Waals surface area contributed by atoms with Crippen LogP contribution in [-0.4, -0.2) is 31.1 Å². The van der Waals surface area contributed by atoms with Gasteiger partial charge in [-0.05, 0) is 54.6 Å². The minimum absolute atomic E-state index is 0.0775. The molecule has 0 aliphatic heterocycles. The number of benzene rings is 2. The lowest BCUT2D eigenvalue weighted by molar-refractivity contribution is -0.137. The Morgan fingerprint density at radius 3 is 2.44 bits per heavy atom. The molecule has 2 heterocycles. The van der Waals surface area contributed by atoms with Gasteiger partial charge in [0.05, 0.1) is 22.6 Å². The van der Waals surface area contributed by atoms with Gasteiger partial charge in [0, 0.05) is 5.56 Å². The Hall–Kier alpha value is -3.67. The fraction of sp³-hybridized carbons (Fsp3) is 0.150. The topological polar surface area (TPSA) is 85.6 Å². The van der Waals surface area contributed by atoms with Crippen LogP contribution in [0.4, 0.5) is 23.2 Å². The third-order valence-corrected chi connectivity index (χ3v) is 5.74. The molecule has 0 saturated heterocycles. The quantitative estimate of drug-likeness (QED) is 0.440. The molecule has 164 valence electrons. The Bertz CT molecular complexity index is 1300. The van der Waals surface area contributed by atoms with Crippen LogP contribution in [0, 0.1) is 19.7 Å².